The van der Waals surface area contributed by atoms with Crippen LogP contribution >= 0.6 is 0 Å². The maximum absolute atomic E-state index is 6.47. The van der Waals surface area contributed by atoms with Gasteiger partial charge in [-0.05, 0) is 67.3 Å². The number of fused-ring (bicyclic) bond motifs is 2. The predicted molar refractivity (Wildman–Crippen MR) is 173 cm³/mol. The number of anilines is 1. The zero-order chi connectivity index (χ0) is 29.5. The van der Waals surface area contributed by atoms with Crippen molar-refractivity contribution >= 4 is 30.6 Å². The molecule has 9 heteroatoms. The average molecular weight is 582 g/mol. The average Bonchev–Trinajstić information content (AvgIpc) is 3.55. The van der Waals surface area contributed by atoms with Gasteiger partial charge in [0.05, 0.1) is 12.1 Å². The van der Waals surface area contributed by atoms with Crippen LogP contribution in [0.4, 0.5) is 5.82 Å². The summed E-state index contributed by atoms with van der Waals surface area (Å²) in [5, 5.41) is 10.9. The highest BCUT2D eigenvalue weighted by atomic mass is 28.4. The molecule has 6 rings (SSSR count). The molecule has 1 aliphatic rings. The van der Waals surface area contributed by atoms with E-state index in [-0.39, 0.29) is 5.04 Å². The Balaban J connectivity index is 1.20. The van der Waals surface area contributed by atoms with Gasteiger partial charge in [-0.1, -0.05) is 63.2 Å². The number of nitrogens with zero attached hydrogens (tertiary/aromatic N) is 6. The normalized spacial score (nSPS) is 15.6. The van der Waals surface area contributed by atoms with Crippen LogP contribution in [0.25, 0.3) is 27.5 Å². The monoisotopic (exact) mass is 581 g/mol. The Bertz CT molecular complexity index is 1680. The maximum atomic E-state index is 6.47. The molecule has 0 saturated carbocycles. The van der Waals surface area contributed by atoms with Crippen molar-refractivity contribution in [3.63, 3.8) is 0 Å². The van der Waals surface area contributed by atoms with E-state index in [1.807, 2.05) is 15.3 Å². The minimum absolute atomic E-state index is 0.240. The van der Waals surface area contributed by atoms with E-state index in [0.717, 1.165) is 73.2 Å². The number of hydrogen-bond donors (Lipinski definition) is 1. The molecule has 3 aromatic heterocycles. The summed E-state index contributed by atoms with van der Waals surface area (Å²) < 4.78 is 10.5. The van der Waals surface area contributed by atoms with E-state index in [4.69, 9.17) is 15.3 Å². The van der Waals surface area contributed by atoms with Gasteiger partial charge in [0.15, 0.2) is 14.1 Å². The Morgan fingerprint density at radius 1 is 1.02 bits per heavy atom. The quantitative estimate of drug-likeness (QED) is 0.208. The second-order valence-corrected chi connectivity index (χ2v) is 18.0. The largest absolute Gasteiger partial charge is 0.416 e. The molecule has 5 aromatic rings. The van der Waals surface area contributed by atoms with Crippen LogP contribution in [0, 0.1) is 0 Å². The summed E-state index contributed by atoms with van der Waals surface area (Å²) in [5.74, 6) is 0.910. The molecule has 0 radical (unpaired) electrons. The van der Waals surface area contributed by atoms with Gasteiger partial charge in [-0.2, -0.15) is 10.2 Å². The van der Waals surface area contributed by atoms with Gasteiger partial charge in [-0.3, -0.25) is 4.68 Å². The fourth-order valence-corrected chi connectivity index (χ4v) is 6.82. The summed E-state index contributed by atoms with van der Waals surface area (Å²) in [7, 11) is -1.72. The number of benzene rings is 2. The summed E-state index contributed by atoms with van der Waals surface area (Å²) in [4.78, 5) is 6.90. The maximum Gasteiger partial charge on any atom is 0.192 e. The number of hydrogen-bond acceptors (Lipinski definition) is 6. The van der Waals surface area contributed by atoms with Crippen molar-refractivity contribution in [1.29, 1.82) is 0 Å². The van der Waals surface area contributed by atoms with Crippen LogP contribution < -0.4 is 5.73 Å². The zero-order valence-corrected chi connectivity index (χ0v) is 26.5. The second-order valence-electron chi connectivity index (χ2n) is 13.2. The summed E-state index contributed by atoms with van der Waals surface area (Å²) in [6.07, 6.45) is 5.84. The van der Waals surface area contributed by atoms with Gasteiger partial charge in [0.1, 0.15) is 11.8 Å². The Labute approximate surface area is 249 Å². The van der Waals surface area contributed by atoms with Gasteiger partial charge in [-0.15, -0.1) is 0 Å². The zero-order valence-electron chi connectivity index (χ0n) is 25.5. The molecule has 42 heavy (non-hydrogen) atoms. The molecular weight excluding hydrogens is 538 g/mol. The van der Waals surface area contributed by atoms with E-state index >= 15 is 0 Å². The van der Waals surface area contributed by atoms with Gasteiger partial charge in [0, 0.05) is 41.9 Å². The van der Waals surface area contributed by atoms with Crippen molar-refractivity contribution in [2.75, 3.05) is 32.0 Å². The van der Waals surface area contributed by atoms with Crippen molar-refractivity contribution in [3.05, 3.63) is 78.4 Å². The van der Waals surface area contributed by atoms with Crippen LogP contribution in [0.3, 0.4) is 0 Å². The molecule has 0 amide bonds. The number of aromatic nitrogens is 5. The van der Waals surface area contributed by atoms with Crippen LogP contribution in [0.15, 0.2) is 67.1 Å². The molecule has 4 heterocycles. The van der Waals surface area contributed by atoms with Gasteiger partial charge in [-0.25, -0.2) is 9.50 Å². The lowest BCUT2D eigenvalue weighted by Crippen LogP contribution is -2.43. The van der Waals surface area contributed by atoms with E-state index in [2.05, 4.69) is 104 Å². The van der Waals surface area contributed by atoms with Crippen LogP contribution in [-0.4, -0.2) is 63.8 Å². The number of nitrogen functional groups attached to an aromatic ring is 1. The molecule has 0 bridgehead atoms. The third-order valence-corrected chi connectivity index (χ3v) is 13.9. The SMILES string of the molecule is CC(C)(C)[Si](C)(C)OCCN1CCC(c2cc(-c3ccc4cn(Cc5ccccc5)nc4c3)c3c(N)ncnn23)CC1. The Morgan fingerprint density at radius 2 is 1.79 bits per heavy atom. The molecule has 0 atom stereocenters. The molecule has 0 unspecified atom stereocenters. The first-order chi connectivity index (χ1) is 20.1. The summed E-state index contributed by atoms with van der Waals surface area (Å²) >= 11 is 0. The molecular formula is C33H43N7OSi. The standard InChI is InChI=1S/C33H43N7OSi/c1-33(2,3)42(4,5)41-18-17-38-15-13-25(14-16-38)30-20-28(31-32(34)35-23-36-40(30)31)26-11-12-27-22-39(37-29(27)19-26)21-24-9-7-6-8-10-24/h6-12,19-20,22-23,25H,13-18,21H2,1-5H3,(H2,34,35,36). The molecule has 2 aromatic carbocycles. The van der Waals surface area contributed by atoms with Crippen molar-refractivity contribution in [1.82, 2.24) is 29.3 Å². The fourth-order valence-electron chi connectivity index (χ4n) is 5.79. The lowest BCUT2D eigenvalue weighted by molar-refractivity contribution is 0.165. The minimum Gasteiger partial charge on any atom is -0.416 e. The fraction of sp³-hybridized carbons (Fsp3) is 0.424. The molecule has 1 aliphatic heterocycles. The molecule has 0 aliphatic carbocycles. The first kappa shape index (κ1) is 28.6. The summed E-state index contributed by atoms with van der Waals surface area (Å²) in [6.45, 7) is 16.2. The lowest BCUT2D eigenvalue weighted by atomic mass is 9.93. The minimum atomic E-state index is -1.72. The van der Waals surface area contributed by atoms with Crippen molar-refractivity contribution in [3.8, 4) is 11.1 Å². The number of likely N-dealkylation sites (tertiary alicyclic amines) is 1. The first-order valence-corrected chi connectivity index (χ1v) is 18.0. The van der Waals surface area contributed by atoms with E-state index in [1.54, 1.807) is 6.33 Å². The second kappa shape index (κ2) is 11.3. The number of nitrogens with two attached hydrogens (primary N) is 1. The smallest absolute Gasteiger partial charge is 0.192 e. The van der Waals surface area contributed by atoms with E-state index in [9.17, 15) is 0 Å². The lowest BCUT2D eigenvalue weighted by Gasteiger charge is -2.37. The predicted octanol–water partition coefficient (Wildman–Crippen LogP) is 6.58. The van der Waals surface area contributed by atoms with Crippen molar-refractivity contribution in [2.24, 2.45) is 0 Å². The van der Waals surface area contributed by atoms with Gasteiger partial charge < -0.3 is 15.1 Å². The summed E-state index contributed by atoms with van der Waals surface area (Å²) in [6, 6.07) is 19.2. The van der Waals surface area contributed by atoms with Crippen molar-refractivity contribution < 1.29 is 4.43 Å². The van der Waals surface area contributed by atoms with Crippen LogP contribution in [0.2, 0.25) is 18.1 Å². The molecule has 1 saturated heterocycles. The van der Waals surface area contributed by atoms with Gasteiger partial charge in [0.25, 0.3) is 0 Å². The molecule has 1 fully saturated rings. The van der Waals surface area contributed by atoms with Crippen LogP contribution in [0.1, 0.15) is 50.8 Å². The van der Waals surface area contributed by atoms with Crippen LogP contribution in [0.5, 0.6) is 0 Å². The van der Waals surface area contributed by atoms with Gasteiger partial charge >= 0.3 is 0 Å². The highest BCUT2D eigenvalue weighted by Gasteiger charge is 2.37. The number of piperidine rings is 1. The third-order valence-electron chi connectivity index (χ3n) is 9.35. The Morgan fingerprint density at radius 3 is 2.52 bits per heavy atom. The Kier molecular flexibility index (Phi) is 7.67. The molecule has 0 spiro atoms. The third kappa shape index (κ3) is 5.73. The van der Waals surface area contributed by atoms with Crippen LogP contribution in [-0.2, 0) is 11.0 Å². The Hall–Kier alpha value is -3.53. The molecule has 2 N–H and O–H groups in total. The van der Waals surface area contributed by atoms with Crippen molar-refractivity contribution in [2.45, 2.75) is 64.2 Å². The van der Waals surface area contributed by atoms with E-state index in [1.165, 1.54) is 11.3 Å². The summed E-state index contributed by atoms with van der Waals surface area (Å²) in [5.41, 5.74) is 12.9. The van der Waals surface area contributed by atoms with E-state index in [0.29, 0.717) is 11.7 Å². The van der Waals surface area contributed by atoms with E-state index < -0.39 is 8.32 Å². The highest BCUT2D eigenvalue weighted by molar-refractivity contribution is 6.74. The number of rotatable bonds is 8. The molecule has 220 valence electrons. The highest BCUT2D eigenvalue weighted by Crippen LogP contribution is 2.38. The topological polar surface area (TPSA) is 86.5 Å². The first-order valence-electron chi connectivity index (χ1n) is 15.1. The van der Waals surface area contributed by atoms with Gasteiger partial charge in [0.2, 0.25) is 0 Å². The molecule has 8 nitrogen and oxygen atoms in total.